The third-order valence-electron chi connectivity index (χ3n) is 3.13. The van der Waals surface area contributed by atoms with Crippen molar-refractivity contribution in [2.75, 3.05) is 6.54 Å². The maximum atomic E-state index is 13.8. The standard InChI is InChI=1S/C12H10F2N2O/c1-6-5-15-12(17)10-4-7-8(13)2-3-9(14)11(7)16(6)10/h2-4,6H,5H2,1H3,(H,15,17). The molecule has 3 nitrogen and oxygen atoms in total. The molecule has 1 atom stereocenters. The Morgan fingerprint density at radius 1 is 1.35 bits per heavy atom. The number of carbonyl (C=O) groups excluding carboxylic acids is 1. The second-order valence-electron chi connectivity index (χ2n) is 4.25. The average Bonchev–Trinajstić information content (AvgIpc) is 2.71. The van der Waals surface area contributed by atoms with Crippen LogP contribution in [0.4, 0.5) is 8.78 Å². The number of nitrogens with one attached hydrogen (secondary N) is 1. The van der Waals surface area contributed by atoms with Crippen molar-refractivity contribution in [1.29, 1.82) is 0 Å². The number of nitrogens with zero attached hydrogens (tertiary/aromatic N) is 1. The van der Waals surface area contributed by atoms with Gasteiger partial charge < -0.3 is 9.88 Å². The van der Waals surface area contributed by atoms with E-state index in [1.165, 1.54) is 6.07 Å². The lowest BCUT2D eigenvalue weighted by molar-refractivity contribution is 0.0919. The van der Waals surface area contributed by atoms with Crippen molar-refractivity contribution in [2.24, 2.45) is 0 Å². The Hall–Kier alpha value is -1.91. The smallest absolute Gasteiger partial charge is 0.268 e. The molecule has 0 aliphatic carbocycles. The van der Waals surface area contributed by atoms with Crippen molar-refractivity contribution in [1.82, 2.24) is 9.88 Å². The van der Waals surface area contributed by atoms with Gasteiger partial charge in [-0.05, 0) is 25.1 Å². The van der Waals surface area contributed by atoms with Crippen molar-refractivity contribution < 1.29 is 13.6 Å². The minimum absolute atomic E-state index is 0.0866. The van der Waals surface area contributed by atoms with Gasteiger partial charge in [0.2, 0.25) is 0 Å². The fraction of sp³-hybridized carbons (Fsp3) is 0.250. The number of halogens is 2. The first-order valence-corrected chi connectivity index (χ1v) is 5.36. The molecule has 0 fully saturated rings. The molecule has 0 radical (unpaired) electrons. The highest BCUT2D eigenvalue weighted by atomic mass is 19.1. The lowest BCUT2D eigenvalue weighted by atomic mass is 10.2. The molecule has 1 N–H and O–H groups in total. The van der Waals surface area contributed by atoms with Gasteiger partial charge in [0.05, 0.1) is 5.52 Å². The van der Waals surface area contributed by atoms with Gasteiger partial charge in [-0.25, -0.2) is 8.78 Å². The van der Waals surface area contributed by atoms with E-state index in [0.717, 1.165) is 12.1 Å². The Bertz CT molecular complexity index is 633. The van der Waals surface area contributed by atoms with E-state index < -0.39 is 11.6 Å². The SMILES string of the molecule is CC1CNC(=O)c2cc3c(F)ccc(F)c3n21. The first-order valence-electron chi connectivity index (χ1n) is 5.36. The first kappa shape index (κ1) is 10.3. The molecule has 88 valence electrons. The molecule has 1 aliphatic heterocycles. The van der Waals surface area contributed by atoms with Crippen LogP contribution in [-0.4, -0.2) is 17.0 Å². The van der Waals surface area contributed by atoms with Crippen LogP contribution in [0, 0.1) is 11.6 Å². The first-order chi connectivity index (χ1) is 8.09. The van der Waals surface area contributed by atoms with Crippen molar-refractivity contribution in [3.05, 3.63) is 35.5 Å². The number of benzene rings is 1. The van der Waals surface area contributed by atoms with E-state index in [1.807, 2.05) is 6.92 Å². The molecule has 5 heteroatoms. The van der Waals surface area contributed by atoms with E-state index >= 15 is 0 Å². The summed E-state index contributed by atoms with van der Waals surface area (Å²) in [5, 5.41) is 2.84. The Morgan fingerprint density at radius 2 is 2.06 bits per heavy atom. The van der Waals surface area contributed by atoms with Gasteiger partial charge >= 0.3 is 0 Å². The van der Waals surface area contributed by atoms with E-state index in [9.17, 15) is 13.6 Å². The maximum absolute atomic E-state index is 13.8. The van der Waals surface area contributed by atoms with Gasteiger partial charge in [-0.3, -0.25) is 4.79 Å². The minimum Gasteiger partial charge on any atom is -0.349 e. The molecule has 0 saturated heterocycles. The molecule has 2 heterocycles. The molecule has 3 rings (SSSR count). The summed E-state index contributed by atoms with van der Waals surface area (Å²) in [6, 6.07) is 3.48. The normalized spacial score (nSPS) is 19.2. The van der Waals surface area contributed by atoms with Gasteiger partial charge in [-0.1, -0.05) is 0 Å². The van der Waals surface area contributed by atoms with Crippen molar-refractivity contribution in [3.63, 3.8) is 0 Å². The Morgan fingerprint density at radius 3 is 2.82 bits per heavy atom. The number of hydrogen-bond acceptors (Lipinski definition) is 1. The topological polar surface area (TPSA) is 34.0 Å². The summed E-state index contributed by atoms with van der Waals surface area (Å²) in [7, 11) is 0. The molecule has 0 spiro atoms. The number of aromatic nitrogens is 1. The summed E-state index contributed by atoms with van der Waals surface area (Å²) in [6.07, 6.45) is 0. The lowest BCUT2D eigenvalue weighted by Gasteiger charge is -2.24. The molecule has 1 aliphatic rings. The van der Waals surface area contributed by atoms with Crippen LogP contribution in [0.15, 0.2) is 18.2 Å². The molecule has 1 aromatic carbocycles. The molecule has 2 aromatic rings. The third kappa shape index (κ3) is 1.28. The van der Waals surface area contributed by atoms with Crippen LogP contribution in [0.2, 0.25) is 0 Å². The molecule has 1 unspecified atom stereocenters. The fourth-order valence-electron chi connectivity index (χ4n) is 2.32. The zero-order chi connectivity index (χ0) is 12.2. The van der Waals surface area contributed by atoms with Crippen molar-refractivity contribution in [2.45, 2.75) is 13.0 Å². The highest BCUT2D eigenvalue weighted by Gasteiger charge is 2.26. The quantitative estimate of drug-likeness (QED) is 0.747. The number of carbonyl (C=O) groups is 1. The number of amides is 1. The van der Waals surface area contributed by atoms with Crippen LogP contribution in [0.1, 0.15) is 23.5 Å². The van der Waals surface area contributed by atoms with Crippen LogP contribution >= 0.6 is 0 Å². The fourth-order valence-corrected chi connectivity index (χ4v) is 2.32. The predicted molar refractivity (Wildman–Crippen MR) is 58.9 cm³/mol. The Kier molecular flexibility index (Phi) is 1.98. The minimum atomic E-state index is -0.511. The van der Waals surface area contributed by atoms with Gasteiger partial charge in [0.25, 0.3) is 5.91 Å². The van der Waals surface area contributed by atoms with Gasteiger partial charge in [-0.2, -0.15) is 0 Å². The molecule has 0 saturated carbocycles. The van der Waals surface area contributed by atoms with Crippen molar-refractivity contribution >= 4 is 16.8 Å². The van der Waals surface area contributed by atoms with Crippen LogP contribution < -0.4 is 5.32 Å². The Labute approximate surface area is 96.0 Å². The summed E-state index contributed by atoms with van der Waals surface area (Å²) in [5.74, 6) is -1.31. The van der Waals surface area contributed by atoms with E-state index in [0.29, 0.717) is 12.2 Å². The average molecular weight is 236 g/mol. The zero-order valence-corrected chi connectivity index (χ0v) is 9.13. The number of rotatable bonds is 0. The highest BCUT2D eigenvalue weighted by molar-refractivity contribution is 6.00. The highest BCUT2D eigenvalue weighted by Crippen LogP contribution is 2.30. The van der Waals surface area contributed by atoms with Gasteiger partial charge in [0.15, 0.2) is 0 Å². The van der Waals surface area contributed by atoms with E-state index in [4.69, 9.17) is 0 Å². The maximum Gasteiger partial charge on any atom is 0.268 e. The summed E-state index contributed by atoms with van der Waals surface area (Å²) in [6.45, 7) is 2.28. The van der Waals surface area contributed by atoms with E-state index in [2.05, 4.69) is 5.32 Å². The second-order valence-corrected chi connectivity index (χ2v) is 4.25. The number of hydrogen-bond donors (Lipinski definition) is 1. The second kappa shape index (κ2) is 3.29. The van der Waals surface area contributed by atoms with Gasteiger partial charge in [0, 0.05) is 18.0 Å². The predicted octanol–water partition coefficient (Wildman–Crippen LogP) is 2.22. The summed E-state index contributed by atoms with van der Waals surface area (Å²) in [4.78, 5) is 11.6. The molecular formula is C12H10F2N2O. The summed E-state index contributed by atoms with van der Waals surface area (Å²) >= 11 is 0. The van der Waals surface area contributed by atoms with Crippen LogP contribution in [0.3, 0.4) is 0 Å². The molecule has 17 heavy (non-hydrogen) atoms. The summed E-state index contributed by atoms with van der Waals surface area (Å²) in [5.41, 5.74) is 0.477. The largest absolute Gasteiger partial charge is 0.349 e. The third-order valence-corrected chi connectivity index (χ3v) is 3.13. The van der Waals surface area contributed by atoms with Crippen LogP contribution in [0.5, 0.6) is 0 Å². The molecule has 1 amide bonds. The van der Waals surface area contributed by atoms with Crippen LogP contribution in [-0.2, 0) is 0 Å². The van der Waals surface area contributed by atoms with Crippen LogP contribution in [0.25, 0.3) is 10.9 Å². The Balaban J connectivity index is 2.46. The molecule has 0 bridgehead atoms. The van der Waals surface area contributed by atoms with E-state index in [-0.39, 0.29) is 22.9 Å². The van der Waals surface area contributed by atoms with Gasteiger partial charge in [0.1, 0.15) is 17.3 Å². The zero-order valence-electron chi connectivity index (χ0n) is 9.13. The number of fused-ring (bicyclic) bond motifs is 3. The van der Waals surface area contributed by atoms with Gasteiger partial charge in [-0.15, -0.1) is 0 Å². The van der Waals surface area contributed by atoms with E-state index in [1.54, 1.807) is 4.57 Å². The monoisotopic (exact) mass is 236 g/mol. The van der Waals surface area contributed by atoms with Crippen molar-refractivity contribution in [3.8, 4) is 0 Å². The summed E-state index contributed by atoms with van der Waals surface area (Å²) < 4.78 is 28.9. The molecule has 1 aromatic heterocycles. The lowest BCUT2D eigenvalue weighted by Crippen LogP contribution is -2.37. The molecular weight excluding hydrogens is 226 g/mol.